The summed E-state index contributed by atoms with van der Waals surface area (Å²) in [6.45, 7) is 8.15. The van der Waals surface area contributed by atoms with E-state index in [4.69, 9.17) is 0 Å². The molecule has 0 aliphatic heterocycles. The van der Waals surface area contributed by atoms with Crippen molar-refractivity contribution >= 4 is 21.8 Å². The van der Waals surface area contributed by atoms with Crippen LogP contribution < -0.4 is 5.32 Å². The second-order valence-electron chi connectivity index (χ2n) is 5.57. The van der Waals surface area contributed by atoms with Gasteiger partial charge in [0.1, 0.15) is 0 Å². The van der Waals surface area contributed by atoms with Gasteiger partial charge in [-0.15, -0.1) is 0 Å². The van der Waals surface area contributed by atoms with Crippen molar-refractivity contribution in [2.45, 2.75) is 33.7 Å². The molecule has 21 heavy (non-hydrogen) atoms. The number of hydrogen-bond donors (Lipinski definition) is 1. The number of hydrogen-bond acceptors (Lipinski definition) is 1. The van der Waals surface area contributed by atoms with Gasteiger partial charge in [-0.25, -0.2) is 0 Å². The second-order valence-corrected chi connectivity index (χ2v) is 6.49. The van der Waals surface area contributed by atoms with Crippen LogP contribution in [-0.4, -0.2) is 5.91 Å². The van der Waals surface area contributed by atoms with Crippen LogP contribution in [0.4, 0.5) is 0 Å². The van der Waals surface area contributed by atoms with Crippen LogP contribution in [-0.2, 0) is 0 Å². The van der Waals surface area contributed by atoms with E-state index in [-0.39, 0.29) is 11.9 Å². The van der Waals surface area contributed by atoms with Crippen LogP contribution in [0.1, 0.15) is 45.6 Å². The Morgan fingerprint density at radius 2 is 1.76 bits per heavy atom. The molecule has 0 aliphatic rings. The van der Waals surface area contributed by atoms with E-state index in [0.29, 0.717) is 5.56 Å². The summed E-state index contributed by atoms with van der Waals surface area (Å²) in [6, 6.07) is 12.0. The van der Waals surface area contributed by atoms with Gasteiger partial charge in [0.25, 0.3) is 5.91 Å². The third-order valence-electron chi connectivity index (χ3n) is 3.54. The highest BCUT2D eigenvalue weighted by Crippen LogP contribution is 2.20. The van der Waals surface area contributed by atoms with Gasteiger partial charge >= 0.3 is 0 Å². The van der Waals surface area contributed by atoms with E-state index in [1.807, 2.05) is 32.0 Å². The van der Waals surface area contributed by atoms with Gasteiger partial charge in [-0.2, -0.15) is 0 Å². The highest BCUT2D eigenvalue weighted by molar-refractivity contribution is 9.10. The van der Waals surface area contributed by atoms with Crippen molar-refractivity contribution in [3.63, 3.8) is 0 Å². The van der Waals surface area contributed by atoms with Crippen molar-refractivity contribution in [3.05, 3.63) is 68.7 Å². The average molecular weight is 346 g/mol. The molecule has 0 spiro atoms. The maximum Gasteiger partial charge on any atom is 0.251 e. The maximum absolute atomic E-state index is 12.4. The summed E-state index contributed by atoms with van der Waals surface area (Å²) >= 11 is 3.43. The standard InChI is InChI=1S/C18H20BrNO/c1-11-5-6-17(13(3)7-11)14(4)20-18(21)15-8-12(2)9-16(19)10-15/h5-10,14H,1-4H3,(H,20,21). The summed E-state index contributed by atoms with van der Waals surface area (Å²) in [7, 11) is 0. The van der Waals surface area contributed by atoms with E-state index in [1.165, 1.54) is 11.1 Å². The Hall–Kier alpha value is -1.61. The molecule has 0 heterocycles. The Balaban J connectivity index is 2.18. The van der Waals surface area contributed by atoms with Gasteiger partial charge < -0.3 is 5.32 Å². The molecule has 110 valence electrons. The number of amides is 1. The minimum Gasteiger partial charge on any atom is -0.346 e. The van der Waals surface area contributed by atoms with Gasteiger partial charge in [-0.05, 0) is 62.6 Å². The SMILES string of the molecule is Cc1cc(Br)cc(C(=O)NC(C)c2ccc(C)cc2C)c1. The molecule has 1 amide bonds. The number of aryl methyl sites for hydroxylation is 3. The molecule has 3 heteroatoms. The predicted octanol–water partition coefficient (Wildman–Crippen LogP) is 4.87. The fraction of sp³-hybridized carbons (Fsp3) is 0.278. The van der Waals surface area contributed by atoms with Crippen molar-refractivity contribution in [2.24, 2.45) is 0 Å². The van der Waals surface area contributed by atoms with Gasteiger partial charge in [0.2, 0.25) is 0 Å². The number of rotatable bonds is 3. The molecule has 0 fully saturated rings. The Kier molecular flexibility index (Phi) is 4.84. The van der Waals surface area contributed by atoms with Gasteiger partial charge in [0.05, 0.1) is 6.04 Å². The zero-order valence-electron chi connectivity index (χ0n) is 12.8. The largest absolute Gasteiger partial charge is 0.346 e. The van der Waals surface area contributed by atoms with Crippen molar-refractivity contribution in [1.29, 1.82) is 0 Å². The number of benzene rings is 2. The predicted molar refractivity (Wildman–Crippen MR) is 90.7 cm³/mol. The van der Waals surface area contributed by atoms with Crippen LogP contribution in [0.5, 0.6) is 0 Å². The molecule has 0 aliphatic carbocycles. The zero-order chi connectivity index (χ0) is 15.6. The maximum atomic E-state index is 12.4. The molecule has 1 atom stereocenters. The first kappa shape index (κ1) is 15.8. The van der Waals surface area contributed by atoms with E-state index in [1.54, 1.807) is 0 Å². The Bertz CT molecular complexity index is 659. The van der Waals surface area contributed by atoms with Gasteiger partial charge in [0.15, 0.2) is 0 Å². The monoisotopic (exact) mass is 345 g/mol. The second kappa shape index (κ2) is 6.44. The smallest absolute Gasteiger partial charge is 0.251 e. The highest BCUT2D eigenvalue weighted by atomic mass is 79.9. The molecule has 1 N–H and O–H groups in total. The lowest BCUT2D eigenvalue weighted by molar-refractivity contribution is 0.0939. The Morgan fingerprint density at radius 1 is 1.05 bits per heavy atom. The topological polar surface area (TPSA) is 29.1 Å². The number of halogens is 1. The van der Waals surface area contributed by atoms with Crippen LogP contribution >= 0.6 is 15.9 Å². The third kappa shape index (κ3) is 3.94. The quantitative estimate of drug-likeness (QED) is 0.844. The van der Waals surface area contributed by atoms with Gasteiger partial charge in [0, 0.05) is 10.0 Å². The molecule has 0 aromatic heterocycles. The molecule has 0 saturated carbocycles. The molecule has 2 aromatic rings. The van der Waals surface area contributed by atoms with E-state index in [0.717, 1.165) is 15.6 Å². The number of carbonyl (C=O) groups is 1. The molecular formula is C18H20BrNO. The molecule has 0 radical (unpaired) electrons. The summed E-state index contributed by atoms with van der Waals surface area (Å²) in [6.07, 6.45) is 0. The van der Waals surface area contributed by atoms with E-state index >= 15 is 0 Å². The van der Waals surface area contributed by atoms with Gasteiger partial charge in [-0.3, -0.25) is 4.79 Å². The minimum atomic E-state index is -0.0492. The minimum absolute atomic E-state index is 0.0163. The first-order valence-corrected chi connectivity index (χ1v) is 7.81. The normalized spacial score (nSPS) is 12.0. The summed E-state index contributed by atoms with van der Waals surface area (Å²) < 4.78 is 0.923. The first-order valence-electron chi connectivity index (χ1n) is 7.02. The molecule has 1 unspecified atom stereocenters. The molecular weight excluding hydrogens is 326 g/mol. The molecule has 0 bridgehead atoms. The molecule has 2 rings (SSSR count). The fourth-order valence-corrected chi connectivity index (χ4v) is 3.14. The summed E-state index contributed by atoms with van der Waals surface area (Å²) in [5.74, 6) is -0.0492. The van der Waals surface area contributed by atoms with Crippen LogP contribution in [0.2, 0.25) is 0 Å². The highest BCUT2D eigenvalue weighted by Gasteiger charge is 2.13. The summed E-state index contributed by atoms with van der Waals surface area (Å²) in [5, 5.41) is 3.07. The van der Waals surface area contributed by atoms with E-state index < -0.39 is 0 Å². The van der Waals surface area contributed by atoms with E-state index in [9.17, 15) is 4.79 Å². The lowest BCUT2D eigenvalue weighted by atomic mass is 10.00. The zero-order valence-corrected chi connectivity index (χ0v) is 14.4. The Labute approximate surface area is 134 Å². The van der Waals surface area contributed by atoms with Crippen molar-refractivity contribution in [1.82, 2.24) is 5.32 Å². The first-order chi connectivity index (χ1) is 9.86. The van der Waals surface area contributed by atoms with E-state index in [2.05, 4.69) is 53.3 Å². The van der Waals surface area contributed by atoms with Crippen LogP contribution in [0.15, 0.2) is 40.9 Å². The van der Waals surface area contributed by atoms with Crippen molar-refractivity contribution in [2.75, 3.05) is 0 Å². The Morgan fingerprint density at radius 3 is 2.38 bits per heavy atom. The fourth-order valence-electron chi connectivity index (χ4n) is 2.54. The van der Waals surface area contributed by atoms with Crippen molar-refractivity contribution < 1.29 is 4.79 Å². The summed E-state index contributed by atoms with van der Waals surface area (Å²) in [5.41, 5.74) is 5.33. The number of carbonyl (C=O) groups excluding carboxylic acids is 1. The van der Waals surface area contributed by atoms with Crippen LogP contribution in [0, 0.1) is 20.8 Å². The molecule has 2 nitrogen and oxygen atoms in total. The number of nitrogens with one attached hydrogen (secondary N) is 1. The molecule has 0 saturated heterocycles. The van der Waals surface area contributed by atoms with Crippen LogP contribution in [0.3, 0.4) is 0 Å². The lowest BCUT2D eigenvalue weighted by Crippen LogP contribution is -2.27. The van der Waals surface area contributed by atoms with Crippen LogP contribution in [0.25, 0.3) is 0 Å². The lowest BCUT2D eigenvalue weighted by Gasteiger charge is -2.17. The average Bonchev–Trinajstić information content (AvgIpc) is 2.37. The van der Waals surface area contributed by atoms with Gasteiger partial charge in [-0.1, -0.05) is 39.7 Å². The van der Waals surface area contributed by atoms with Crippen molar-refractivity contribution in [3.8, 4) is 0 Å². The summed E-state index contributed by atoms with van der Waals surface area (Å²) in [4.78, 5) is 12.4. The molecule has 2 aromatic carbocycles. The third-order valence-corrected chi connectivity index (χ3v) is 4.00.